The van der Waals surface area contributed by atoms with Crippen molar-refractivity contribution < 1.29 is 14.3 Å². The molecule has 0 saturated heterocycles. The normalized spacial score (nSPS) is 9.95. The molecule has 0 radical (unpaired) electrons. The second-order valence-electron chi connectivity index (χ2n) is 3.90. The lowest BCUT2D eigenvalue weighted by Gasteiger charge is -2.09. The van der Waals surface area contributed by atoms with Gasteiger partial charge in [-0.05, 0) is 18.2 Å². The SMILES string of the molecule is COc1cc(N)ccc1C(=O)OCc1cccnc1. The second kappa shape index (κ2) is 5.86. The summed E-state index contributed by atoms with van der Waals surface area (Å²) < 4.78 is 10.3. The van der Waals surface area contributed by atoms with Crippen LogP contribution in [0, 0.1) is 0 Å². The lowest BCUT2D eigenvalue weighted by atomic mass is 10.2. The first-order chi connectivity index (χ1) is 9.20. The number of carbonyl (C=O) groups excluding carboxylic acids is 1. The Kier molecular flexibility index (Phi) is 3.97. The van der Waals surface area contributed by atoms with E-state index in [-0.39, 0.29) is 6.61 Å². The Morgan fingerprint density at radius 2 is 2.21 bits per heavy atom. The van der Waals surface area contributed by atoms with Crippen LogP contribution in [0.1, 0.15) is 15.9 Å². The number of benzene rings is 1. The number of nitrogens with zero attached hydrogens (tertiary/aromatic N) is 1. The summed E-state index contributed by atoms with van der Waals surface area (Å²) in [5, 5.41) is 0. The average molecular weight is 258 g/mol. The molecule has 2 aromatic rings. The zero-order valence-corrected chi connectivity index (χ0v) is 10.5. The van der Waals surface area contributed by atoms with E-state index >= 15 is 0 Å². The summed E-state index contributed by atoms with van der Waals surface area (Å²) in [6, 6.07) is 8.41. The highest BCUT2D eigenvalue weighted by molar-refractivity contribution is 5.93. The van der Waals surface area contributed by atoms with Gasteiger partial charge in [0.1, 0.15) is 17.9 Å². The molecule has 2 N–H and O–H groups in total. The highest BCUT2D eigenvalue weighted by Gasteiger charge is 2.14. The van der Waals surface area contributed by atoms with Crippen LogP contribution in [-0.2, 0) is 11.3 Å². The molecule has 2 rings (SSSR count). The van der Waals surface area contributed by atoms with Gasteiger partial charge < -0.3 is 15.2 Å². The van der Waals surface area contributed by atoms with Crippen LogP contribution >= 0.6 is 0 Å². The smallest absolute Gasteiger partial charge is 0.342 e. The number of pyridine rings is 1. The van der Waals surface area contributed by atoms with Crippen molar-refractivity contribution in [1.82, 2.24) is 4.98 Å². The van der Waals surface area contributed by atoms with Crippen LogP contribution in [-0.4, -0.2) is 18.1 Å². The Morgan fingerprint density at radius 3 is 2.89 bits per heavy atom. The van der Waals surface area contributed by atoms with Crippen LogP contribution in [0.15, 0.2) is 42.7 Å². The van der Waals surface area contributed by atoms with Crippen molar-refractivity contribution in [3.63, 3.8) is 0 Å². The number of carbonyl (C=O) groups is 1. The van der Waals surface area contributed by atoms with Crippen molar-refractivity contribution in [2.45, 2.75) is 6.61 Å². The quantitative estimate of drug-likeness (QED) is 0.671. The third kappa shape index (κ3) is 3.22. The van der Waals surface area contributed by atoms with Gasteiger partial charge in [0.15, 0.2) is 0 Å². The monoisotopic (exact) mass is 258 g/mol. The second-order valence-corrected chi connectivity index (χ2v) is 3.90. The first kappa shape index (κ1) is 12.9. The zero-order chi connectivity index (χ0) is 13.7. The first-order valence-electron chi connectivity index (χ1n) is 5.70. The molecule has 0 aliphatic heterocycles. The van der Waals surface area contributed by atoms with Crippen molar-refractivity contribution >= 4 is 11.7 Å². The van der Waals surface area contributed by atoms with Crippen LogP contribution in [0.2, 0.25) is 0 Å². The highest BCUT2D eigenvalue weighted by Crippen LogP contribution is 2.22. The molecule has 0 spiro atoms. The van der Waals surface area contributed by atoms with Crippen LogP contribution in [0.5, 0.6) is 5.75 Å². The van der Waals surface area contributed by atoms with Gasteiger partial charge in [0.05, 0.1) is 7.11 Å². The van der Waals surface area contributed by atoms with Gasteiger partial charge in [0.2, 0.25) is 0 Å². The molecule has 1 heterocycles. The Labute approximate surface area is 111 Å². The van der Waals surface area contributed by atoms with Gasteiger partial charge in [-0.3, -0.25) is 4.98 Å². The molecular formula is C14H14N2O3. The number of nitrogens with two attached hydrogens (primary N) is 1. The van der Waals surface area contributed by atoms with E-state index in [1.165, 1.54) is 7.11 Å². The number of esters is 1. The van der Waals surface area contributed by atoms with E-state index in [4.69, 9.17) is 15.2 Å². The third-order valence-electron chi connectivity index (χ3n) is 2.54. The zero-order valence-electron chi connectivity index (χ0n) is 10.5. The third-order valence-corrected chi connectivity index (χ3v) is 2.54. The summed E-state index contributed by atoms with van der Waals surface area (Å²) in [5.74, 6) is -0.0584. The van der Waals surface area contributed by atoms with Crippen molar-refractivity contribution in [1.29, 1.82) is 0 Å². The summed E-state index contributed by atoms with van der Waals surface area (Å²) >= 11 is 0. The number of methoxy groups -OCH3 is 1. The van der Waals surface area contributed by atoms with E-state index in [0.29, 0.717) is 17.0 Å². The number of anilines is 1. The molecule has 19 heavy (non-hydrogen) atoms. The minimum absolute atomic E-state index is 0.167. The van der Waals surface area contributed by atoms with Crippen molar-refractivity contribution in [2.24, 2.45) is 0 Å². The molecule has 98 valence electrons. The molecule has 0 fully saturated rings. The number of ether oxygens (including phenoxy) is 2. The van der Waals surface area contributed by atoms with E-state index < -0.39 is 5.97 Å². The predicted molar refractivity (Wildman–Crippen MR) is 70.8 cm³/mol. The molecule has 1 aromatic heterocycles. The van der Waals surface area contributed by atoms with Gasteiger partial charge in [-0.25, -0.2) is 4.79 Å². The molecule has 0 atom stereocenters. The fraction of sp³-hybridized carbons (Fsp3) is 0.143. The Hall–Kier alpha value is -2.56. The fourth-order valence-electron chi connectivity index (χ4n) is 1.59. The Morgan fingerprint density at radius 1 is 1.37 bits per heavy atom. The largest absolute Gasteiger partial charge is 0.496 e. The van der Waals surface area contributed by atoms with Crippen molar-refractivity contribution in [3.8, 4) is 5.75 Å². The number of hydrogen-bond donors (Lipinski definition) is 1. The minimum Gasteiger partial charge on any atom is -0.496 e. The maximum atomic E-state index is 11.9. The Balaban J connectivity index is 2.08. The van der Waals surface area contributed by atoms with E-state index in [1.807, 2.05) is 6.07 Å². The van der Waals surface area contributed by atoms with Gasteiger partial charge >= 0.3 is 5.97 Å². The summed E-state index contributed by atoms with van der Waals surface area (Å²) in [4.78, 5) is 15.9. The van der Waals surface area contributed by atoms with Gasteiger partial charge in [0, 0.05) is 29.7 Å². The number of aromatic nitrogens is 1. The van der Waals surface area contributed by atoms with Gasteiger partial charge in [-0.1, -0.05) is 6.07 Å². The molecule has 1 aromatic carbocycles. The fourth-order valence-corrected chi connectivity index (χ4v) is 1.59. The van der Waals surface area contributed by atoms with Crippen molar-refractivity contribution in [2.75, 3.05) is 12.8 Å². The summed E-state index contributed by atoms with van der Waals surface area (Å²) in [5.41, 5.74) is 7.33. The van der Waals surface area contributed by atoms with Crippen molar-refractivity contribution in [3.05, 3.63) is 53.9 Å². The molecule has 0 saturated carbocycles. The van der Waals surface area contributed by atoms with Crippen LogP contribution in [0.4, 0.5) is 5.69 Å². The van der Waals surface area contributed by atoms with E-state index in [0.717, 1.165) is 5.56 Å². The summed E-state index contributed by atoms with van der Waals surface area (Å²) in [6.45, 7) is 0.167. The van der Waals surface area contributed by atoms with Gasteiger partial charge in [-0.2, -0.15) is 0 Å². The van der Waals surface area contributed by atoms with E-state index in [9.17, 15) is 4.79 Å². The standard InChI is InChI=1S/C14H14N2O3/c1-18-13-7-11(15)4-5-12(13)14(17)19-9-10-3-2-6-16-8-10/h2-8H,9,15H2,1H3. The van der Waals surface area contributed by atoms with Crippen LogP contribution in [0.25, 0.3) is 0 Å². The highest BCUT2D eigenvalue weighted by atomic mass is 16.5. The number of hydrogen-bond acceptors (Lipinski definition) is 5. The first-order valence-corrected chi connectivity index (χ1v) is 5.70. The molecule has 5 heteroatoms. The molecule has 0 unspecified atom stereocenters. The van der Waals surface area contributed by atoms with Crippen LogP contribution < -0.4 is 10.5 Å². The molecular weight excluding hydrogens is 244 g/mol. The topological polar surface area (TPSA) is 74.4 Å². The molecule has 0 bridgehead atoms. The number of nitrogen functional groups attached to an aromatic ring is 1. The summed E-state index contributed by atoms with van der Waals surface area (Å²) in [7, 11) is 1.48. The maximum absolute atomic E-state index is 11.9. The molecule has 0 aliphatic rings. The van der Waals surface area contributed by atoms with E-state index in [1.54, 1.807) is 36.7 Å². The van der Waals surface area contributed by atoms with E-state index in [2.05, 4.69) is 4.98 Å². The number of rotatable bonds is 4. The van der Waals surface area contributed by atoms with Crippen LogP contribution in [0.3, 0.4) is 0 Å². The lowest BCUT2D eigenvalue weighted by molar-refractivity contribution is 0.0469. The Bertz CT molecular complexity index is 570. The van der Waals surface area contributed by atoms with Gasteiger partial charge in [0.25, 0.3) is 0 Å². The predicted octanol–water partition coefficient (Wildman–Crippen LogP) is 2.03. The molecule has 5 nitrogen and oxygen atoms in total. The maximum Gasteiger partial charge on any atom is 0.342 e. The molecule has 0 aliphatic carbocycles. The summed E-state index contributed by atoms with van der Waals surface area (Å²) in [6.07, 6.45) is 3.31. The molecule has 0 amide bonds. The lowest BCUT2D eigenvalue weighted by Crippen LogP contribution is -2.07. The van der Waals surface area contributed by atoms with Gasteiger partial charge in [-0.15, -0.1) is 0 Å². The minimum atomic E-state index is -0.458. The average Bonchev–Trinajstić information content (AvgIpc) is 2.45.